The summed E-state index contributed by atoms with van der Waals surface area (Å²) in [5, 5.41) is 0. The number of epoxide rings is 1. The standard InChI is InChI=1S/C7H14O/c1-3-5-7(4-2)6-8-7/h3-6H2,1-2H3. The van der Waals surface area contributed by atoms with Gasteiger partial charge in [-0.15, -0.1) is 0 Å². The summed E-state index contributed by atoms with van der Waals surface area (Å²) in [7, 11) is 0. The van der Waals surface area contributed by atoms with Crippen molar-refractivity contribution in [2.24, 2.45) is 0 Å². The minimum absolute atomic E-state index is 0.342. The molecule has 0 amide bonds. The lowest BCUT2D eigenvalue weighted by Gasteiger charge is -2.03. The number of ether oxygens (including phenoxy) is 1. The maximum absolute atomic E-state index is 5.29. The van der Waals surface area contributed by atoms with Gasteiger partial charge in [0.1, 0.15) is 0 Å². The molecule has 0 aromatic rings. The van der Waals surface area contributed by atoms with E-state index in [2.05, 4.69) is 13.8 Å². The number of hydrogen-bond acceptors (Lipinski definition) is 1. The van der Waals surface area contributed by atoms with Gasteiger partial charge < -0.3 is 4.74 Å². The van der Waals surface area contributed by atoms with Gasteiger partial charge in [0, 0.05) is 0 Å². The molecular formula is C7H14O. The highest BCUT2D eigenvalue weighted by atomic mass is 16.6. The first kappa shape index (κ1) is 6.09. The van der Waals surface area contributed by atoms with Crippen LogP contribution < -0.4 is 0 Å². The van der Waals surface area contributed by atoms with Crippen LogP contribution in [-0.4, -0.2) is 12.2 Å². The first-order valence-corrected chi connectivity index (χ1v) is 3.47. The predicted molar refractivity (Wildman–Crippen MR) is 33.9 cm³/mol. The minimum Gasteiger partial charge on any atom is -0.370 e. The fraction of sp³-hybridized carbons (Fsp3) is 1.00. The monoisotopic (exact) mass is 114 g/mol. The fourth-order valence-electron chi connectivity index (χ4n) is 1.08. The molecule has 0 bridgehead atoms. The maximum atomic E-state index is 5.29. The van der Waals surface area contributed by atoms with E-state index in [4.69, 9.17) is 4.74 Å². The van der Waals surface area contributed by atoms with Crippen molar-refractivity contribution in [1.82, 2.24) is 0 Å². The van der Waals surface area contributed by atoms with Crippen LogP contribution in [0.1, 0.15) is 33.1 Å². The van der Waals surface area contributed by atoms with Crippen LogP contribution in [0.25, 0.3) is 0 Å². The zero-order chi connectivity index (χ0) is 6.04. The van der Waals surface area contributed by atoms with Crippen molar-refractivity contribution in [3.05, 3.63) is 0 Å². The van der Waals surface area contributed by atoms with Crippen molar-refractivity contribution in [3.63, 3.8) is 0 Å². The van der Waals surface area contributed by atoms with Crippen molar-refractivity contribution in [2.45, 2.75) is 38.7 Å². The van der Waals surface area contributed by atoms with E-state index in [-0.39, 0.29) is 0 Å². The first-order chi connectivity index (χ1) is 3.83. The van der Waals surface area contributed by atoms with E-state index in [1.807, 2.05) is 0 Å². The Labute approximate surface area is 51.0 Å². The van der Waals surface area contributed by atoms with Gasteiger partial charge in [0.25, 0.3) is 0 Å². The van der Waals surface area contributed by atoms with Crippen LogP contribution in [0.15, 0.2) is 0 Å². The van der Waals surface area contributed by atoms with Crippen LogP contribution in [0.5, 0.6) is 0 Å². The van der Waals surface area contributed by atoms with Gasteiger partial charge >= 0.3 is 0 Å². The molecule has 0 spiro atoms. The Morgan fingerprint density at radius 2 is 2.12 bits per heavy atom. The van der Waals surface area contributed by atoms with Crippen LogP contribution >= 0.6 is 0 Å². The molecule has 1 atom stereocenters. The molecule has 1 nitrogen and oxygen atoms in total. The SMILES string of the molecule is CCCC1(CC)CO1. The van der Waals surface area contributed by atoms with Crippen LogP contribution in [-0.2, 0) is 4.74 Å². The summed E-state index contributed by atoms with van der Waals surface area (Å²) in [5.41, 5.74) is 0.342. The Morgan fingerprint density at radius 3 is 2.25 bits per heavy atom. The van der Waals surface area contributed by atoms with Gasteiger partial charge in [0.05, 0.1) is 12.2 Å². The Bertz CT molecular complexity index is 74.5. The molecule has 0 aromatic carbocycles. The summed E-state index contributed by atoms with van der Waals surface area (Å²) in [6.07, 6.45) is 3.71. The van der Waals surface area contributed by atoms with Gasteiger partial charge in [0.2, 0.25) is 0 Å². The van der Waals surface area contributed by atoms with Crippen molar-refractivity contribution in [3.8, 4) is 0 Å². The Hall–Kier alpha value is -0.0400. The van der Waals surface area contributed by atoms with Gasteiger partial charge in [-0.25, -0.2) is 0 Å². The zero-order valence-corrected chi connectivity index (χ0v) is 5.74. The Morgan fingerprint density at radius 1 is 1.50 bits per heavy atom. The summed E-state index contributed by atoms with van der Waals surface area (Å²) in [6.45, 7) is 5.42. The lowest BCUT2D eigenvalue weighted by Crippen LogP contribution is -2.07. The van der Waals surface area contributed by atoms with Crippen molar-refractivity contribution >= 4 is 0 Å². The second-order valence-corrected chi connectivity index (χ2v) is 2.58. The van der Waals surface area contributed by atoms with Crippen LogP contribution in [0, 0.1) is 0 Å². The smallest absolute Gasteiger partial charge is 0.0913 e. The van der Waals surface area contributed by atoms with Crippen LogP contribution in [0.4, 0.5) is 0 Å². The molecule has 1 rings (SSSR count). The summed E-state index contributed by atoms with van der Waals surface area (Å²) < 4.78 is 5.29. The van der Waals surface area contributed by atoms with E-state index >= 15 is 0 Å². The van der Waals surface area contributed by atoms with Crippen molar-refractivity contribution < 1.29 is 4.74 Å². The summed E-state index contributed by atoms with van der Waals surface area (Å²) in [6, 6.07) is 0. The highest BCUT2D eigenvalue weighted by Gasteiger charge is 2.41. The molecule has 1 aliphatic rings. The highest BCUT2D eigenvalue weighted by molar-refractivity contribution is 4.89. The van der Waals surface area contributed by atoms with E-state index in [1.54, 1.807) is 0 Å². The second-order valence-electron chi connectivity index (χ2n) is 2.58. The molecule has 0 radical (unpaired) electrons. The molecule has 0 saturated carbocycles. The lowest BCUT2D eigenvalue weighted by molar-refractivity contribution is 0.279. The molecule has 1 heterocycles. The summed E-state index contributed by atoms with van der Waals surface area (Å²) in [5.74, 6) is 0. The Kier molecular flexibility index (Phi) is 1.57. The third kappa shape index (κ3) is 1.03. The molecule has 1 fully saturated rings. The minimum atomic E-state index is 0.342. The van der Waals surface area contributed by atoms with E-state index in [9.17, 15) is 0 Å². The second kappa shape index (κ2) is 2.06. The molecular weight excluding hydrogens is 100 g/mol. The average molecular weight is 114 g/mol. The molecule has 0 aliphatic carbocycles. The van der Waals surface area contributed by atoms with E-state index in [1.165, 1.54) is 19.3 Å². The molecule has 8 heavy (non-hydrogen) atoms. The molecule has 1 saturated heterocycles. The average Bonchev–Trinajstić information content (AvgIpc) is 2.50. The van der Waals surface area contributed by atoms with Gasteiger partial charge in [-0.05, 0) is 12.8 Å². The van der Waals surface area contributed by atoms with E-state index < -0.39 is 0 Å². The molecule has 48 valence electrons. The quantitative estimate of drug-likeness (QED) is 0.511. The molecule has 1 aliphatic heterocycles. The number of rotatable bonds is 3. The fourth-order valence-corrected chi connectivity index (χ4v) is 1.08. The molecule has 1 unspecified atom stereocenters. The molecule has 0 N–H and O–H groups in total. The van der Waals surface area contributed by atoms with Gasteiger partial charge in [-0.2, -0.15) is 0 Å². The van der Waals surface area contributed by atoms with Crippen molar-refractivity contribution in [1.29, 1.82) is 0 Å². The van der Waals surface area contributed by atoms with E-state index in [0.717, 1.165) is 6.61 Å². The largest absolute Gasteiger partial charge is 0.370 e. The summed E-state index contributed by atoms with van der Waals surface area (Å²) in [4.78, 5) is 0. The summed E-state index contributed by atoms with van der Waals surface area (Å²) >= 11 is 0. The highest BCUT2D eigenvalue weighted by Crippen LogP contribution is 2.34. The van der Waals surface area contributed by atoms with Gasteiger partial charge in [-0.3, -0.25) is 0 Å². The van der Waals surface area contributed by atoms with Crippen LogP contribution in [0.3, 0.4) is 0 Å². The first-order valence-electron chi connectivity index (χ1n) is 3.47. The lowest BCUT2D eigenvalue weighted by atomic mass is 10.0. The third-order valence-corrected chi connectivity index (χ3v) is 1.90. The molecule has 0 aromatic heterocycles. The van der Waals surface area contributed by atoms with Gasteiger partial charge in [0.15, 0.2) is 0 Å². The van der Waals surface area contributed by atoms with Crippen LogP contribution in [0.2, 0.25) is 0 Å². The normalized spacial score (nSPS) is 35.2. The van der Waals surface area contributed by atoms with E-state index in [0.29, 0.717) is 5.60 Å². The third-order valence-electron chi connectivity index (χ3n) is 1.90. The van der Waals surface area contributed by atoms with Crippen molar-refractivity contribution in [2.75, 3.05) is 6.61 Å². The topological polar surface area (TPSA) is 12.5 Å². The Balaban J connectivity index is 2.20. The number of hydrogen-bond donors (Lipinski definition) is 0. The zero-order valence-electron chi connectivity index (χ0n) is 5.74. The predicted octanol–water partition coefficient (Wildman–Crippen LogP) is 1.97. The van der Waals surface area contributed by atoms with Gasteiger partial charge in [-0.1, -0.05) is 20.3 Å². The molecule has 1 heteroatoms. The maximum Gasteiger partial charge on any atom is 0.0913 e.